The lowest BCUT2D eigenvalue weighted by atomic mass is 9.79. The Hall–Kier alpha value is -2.11. The van der Waals surface area contributed by atoms with Crippen molar-refractivity contribution in [1.82, 2.24) is 0 Å². The number of nitrogens with zero attached hydrogens (tertiary/aromatic N) is 1. The van der Waals surface area contributed by atoms with Crippen molar-refractivity contribution in [2.75, 3.05) is 11.4 Å². The number of hydrogen-bond donors (Lipinski definition) is 0. The number of carbonyl (C=O) groups is 1. The van der Waals surface area contributed by atoms with E-state index in [1.165, 1.54) is 0 Å². The Bertz CT molecular complexity index is 816. The van der Waals surface area contributed by atoms with Gasteiger partial charge in [-0.3, -0.25) is 4.79 Å². The molecule has 0 spiro atoms. The molecule has 0 N–H and O–H groups in total. The lowest BCUT2D eigenvalue weighted by molar-refractivity contribution is -0.118. The van der Waals surface area contributed by atoms with E-state index < -0.39 is 0 Å². The molecule has 1 amide bonds. The van der Waals surface area contributed by atoms with Crippen LogP contribution in [0.15, 0.2) is 54.6 Å². The van der Waals surface area contributed by atoms with Gasteiger partial charge >= 0.3 is 7.12 Å². The van der Waals surface area contributed by atoms with Crippen molar-refractivity contribution in [2.45, 2.75) is 51.2 Å². The molecule has 2 saturated heterocycles. The predicted molar refractivity (Wildman–Crippen MR) is 108 cm³/mol. The fourth-order valence-electron chi connectivity index (χ4n) is 3.72. The molecule has 0 aliphatic carbocycles. The van der Waals surface area contributed by atoms with E-state index >= 15 is 0 Å². The zero-order valence-corrected chi connectivity index (χ0v) is 16.4. The summed E-state index contributed by atoms with van der Waals surface area (Å²) in [5.74, 6) is 0.124. The first-order chi connectivity index (χ1) is 12.8. The minimum atomic E-state index is -0.379. The summed E-state index contributed by atoms with van der Waals surface area (Å²) in [5, 5.41) is 0. The van der Waals surface area contributed by atoms with Crippen molar-refractivity contribution in [3.63, 3.8) is 0 Å². The molecule has 5 heteroatoms. The second kappa shape index (κ2) is 6.50. The Morgan fingerprint density at radius 3 is 2.11 bits per heavy atom. The normalized spacial score (nSPS) is 23.9. The summed E-state index contributed by atoms with van der Waals surface area (Å²) in [5.41, 5.74) is 2.29. The summed E-state index contributed by atoms with van der Waals surface area (Å²) in [6, 6.07) is 18.0. The van der Waals surface area contributed by atoms with Gasteiger partial charge in [0.25, 0.3) is 0 Å². The number of carbonyl (C=O) groups excluding carboxylic acids is 1. The van der Waals surface area contributed by atoms with Crippen molar-refractivity contribution in [2.24, 2.45) is 0 Å². The van der Waals surface area contributed by atoms with Crippen LogP contribution in [0.3, 0.4) is 0 Å². The van der Waals surface area contributed by atoms with Gasteiger partial charge in [0.2, 0.25) is 5.91 Å². The van der Waals surface area contributed by atoms with Crippen LogP contribution < -0.4 is 10.4 Å². The third kappa shape index (κ3) is 3.19. The molecule has 2 fully saturated rings. The molecule has 0 aromatic heterocycles. The summed E-state index contributed by atoms with van der Waals surface area (Å²) in [4.78, 5) is 14.8. The van der Waals surface area contributed by atoms with Crippen LogP contribution in [-0.4, -0.2) is 30.8 Å². The average Bonchev–Trinajstić information content (AvgIpc) is 3.12. The second-order valence-corrected chi connectivity index (χ2v) is 8.42. The van der Waals surface area contributed by atoms with E-state index in [2.05, 4.69) is 0 Å². The van der Waals surface area contributed by atoms with Crippen LogP contribution >= 0.6 is 0 Å². The Kier molecular flexibility index (Phi) is 4.40. The highest BCUT2D eigenvalue weighted by Gasteiger charge is 2.51. The van der Waals surface area contributed by atoms with Gasteiger partial charge in [0, 0.05) is 12.2 Å². The molecule has 140 valence electrons. The SMILES string of the molecule is CC1(C)OB(c2ccc(N3CCC(c4ccccc4)C3=O)cc2)OC1(C)C. The minimum absolute atomic E-state index is 0.0472. The van der Waals surface area contributed by atoms with Gasteiger partial charge in [0.1, 0.15) is 0 Å². The summed E-state index contributed by atoms with van der Waals surface area (Å²) in [6.45, 7) is 8.94. The highest BCUT2D eigenvalue weighted by molar-refractivity contribution is 6.62. The van der Waals surface area contributed by atoms with Gasteiger partial charge in [-0.2, -0.15) is 0 Å². The van der Waals surface area contributed by atoms with Crippen molar-refractivity contribution in [3.05, 3.63) is 60.2 Å². The quantitative estimate of drug-likeness (QED) is 0.784. The molecular formula is C22H26BNO3. The first-order valence-electron chi connectivity index (χ1n) is 9.60. The molecule has 2 aromatic rings. The van der Waals surface area contributed by atoms with Gasteiger partial charge in [0.05, 0.1) is 17.1 Å². The van der Waals surface area contributed by atoms with Gasteiger partial charge in [-0.15, -0.1) is 0 Å². The third-order valence-corrected chi connectivity index (χ3v) is 6.14. The summed E-state index contributed by atoms with van der Waals surface area (Å²) < 4.78 is 12.2. The monoisotopic (exact) mass is 363 g/mol. The van der Waals surface area contributed by atoms with E-state index in [-0.39, 0.29) is 30.1 Å². The summed E-state index contributed by atoms with van der Waals surface area (Å²) in [7, 11) is -0.379. The molecule has 4 rings (SSSR count). The topological polar surface area (TPSA) is 38.8 Å². The molecule has 1 atom stereocenters. The molecule has 0 saturated carbocycles. The number of rotatable bonds is 3. The molecule has 2 heterocycles. The van der Waals surface area contributed by atoms with Gasteiger partial charge < -0.3 is 14.2 Å². The zero-order valence-electron chi connectivity index (χ0n) is 16.4. The molecular weight excluding hydrogens is 337 g/mol. The first-order valence-corrected chi connectivity index (χ1v) is 9.60. The van der Waals surface area contributed by atoms with E-state index in [1.54, 1.807) is 0 Å². The van der Waals surface area contributed by atoms with Crippen molar-refractivity contribution in [1.29, 1.82) is 0 Å². The highest BCUT2D eigenvalue weighted by Crippen LogP contribution is 2.37. The lowest BCUT2D eigenvalue weighted by Gasteiger charge is -2.32. The summed E-state index contributed by atoms with van der Waals surface area (Å²) in [6.07, 6.45) is 0.849. The lowest BCUT2D eigenvalue weighted by Crippen LogP contribution is -2.41. The van der Waals surface area contributed by atoms with Crippen molar-refractivity contribution in [3.8, 4) is 0 Å². The number of anilines is 1. The van der Waals surface area contributed by atoms with Gasteiger partial charge in [0.15, 0.2) is 0 Å². The van der Waals surface area contributed by atoms with Crippen LogP contribution in [0.25, 0.3) is 0 Å². The van der Waals surface area contributed by atoms with E-state index in [9.17, 15) is 4.79 Å². The Morgan fingerprint density at radius 1 is 0.926 bits per heavy atom. The van der Waals surface area contributed by atoms with Gasteiger partial charge in [-0.05, 0) is 57.3 Å². The molecule has 2 aromatic carbocycles. The molecule has 2 aliphatic heterocycles. The van der Waals surface area contributed by atoms with Crippen LogP contribution in [0.5, 0.6) is 0 Å². The fraction of sp³-hybridized carbons (Fsp3) is 0.409. The maximum atomic E-state index is 12.9. The van der Waals surface area contributed by atoms with Crippen LogP contribution in [-0.2, 0) is 14.1 Å². The smallest absolute Gasteiger partial charge is 0.399 e. The van der Waals surface area contributed by atoms with Gasteiger partial charge in [-0.1, -0.05) is 42.5 Å². The standard InChI is InChI=1S/C22H26BNO3/c1-21(2)22(3,4)27-23(26-21)17-10-12-18(13-11-17)24-15-14-19(20(24)25)16-8-6-5-7-9-16/h5-13,19H,14-15H2,1-4H3. The van der Waals surface area contributed by atoms with E-state index in [0.717, 1.165) is 29.7 Å². The zero-order chi connectivity index (χ0) is 19.2. The van der Waals surface area contributed by atoms with Crippen LogP contribution in [0, 0.1) is 0 Å². The third-order valence-electron chi connectivity index (χ3n) is 6.14. The fourth-order valence-corrected chi connectivity index (χ4v) is 3.72. The summed E-state index contributed by atoms with van der Waals surface area (Å²) >= 11 is 0. The largest absolute Gasteiger partial charge is 0.494 e. The number of amides is 1. The molecule has 2 aliphatic rings. The maximum absolute atomic E-state index is 12.9. The Morgan fingerprint density at radius 2 is 1.52 bits per heavy atom. The maximum Gasteiger partial charge on any atom is 0.494 e. The molecule has 0 bridgehead atoms. The number of hydrogen-bond acceptors (Lipinski definition) is 3. The second-order valence-electron chi connectivity index (χ2n) is 8.42. The Labute approximate surface area is 161 Å². The van der Waals surface area contributed by atoms with Crippen LogP contribution in [0.4, 0.5) is 5.69 Å². The highest BCUT2D eigenvalue weighted by atomic mass is 16.7. The van der Waals surface area contributed by atoms with Crippen LogP contribution in [0.2, 0.25) is 0 Å². The van der Waals surface area contributed by atoms with Crippen molar-refractivity contribution < 1.29 is 14.1 Å². The average molecular weight is 363 g/mol. The van der Waals surface area contributed by atoms with E-state index in [4.69, 9.17) is 9.31 Å². The molecule has 4 nitrogen and oxygen atoms in total. The predicted octanol–water partition coefficient (Wildman–Crippen LogP) is 3.51. The van der Waals surface area contributed by atoms with Gasteiger partial charge in [-0.25, -0.2) is 0 Å². The van der Waals surface area contributed by atoms with Crippen molar-refractivity contribution >= 4 is 24.2 Å². The molecule has 0 radical (unpaired) electrons. The first kappa shape index (κ1) is 18.3. The Balaban J connectivity index is 1.50. The van der Waals surface area contributed by atoms with E-state index in [0.29, 0.717) is 0 Å². The minimum Gasteiger partial charge on any atom is -0.399 e. The molecule has 1 unspecified atom stereocenters. The number of benzene rings is 2. The molecule has 27 heavy (non-hydrogen) atoms. The van der Waals surface area contributed by atoms with Crippen LogP contribution in [0.1, 0.15) is 45.6 Å². The van der Waals surface area contributed by atoms with E-state index in [1.807, 2.05) is 87.2 Å².